The zero-order chi connectivity index (χ0) is 9.07. The largest absolute Gasteiger partial charge is 2.00 e. The number of nitrogens with one attached hydrogen (secondary N) is 1. The molecule has 0 aromatic rings. The number of unbranched alkanes of at least 4 members (excludes halogenated alkanes) is 3. The Hall–Kier alpha value is 1.02. The van der Waals surface area contributed by atoms with Crippen molar-refractivity contribution in [1.82, 2.24) is 5.32 Å². The maximum Gasteiger partial charge on any atom is 2.00 e. The molecule has 1 fully saturated rings. The Kier molecular flexibility index (Phi) is 28.6. The molecule has 0 aromatic heterocycles. The number of hydrogen-bond acceptors (Lipinski definition) is 1. The summed E-state index contributed by atoms with van der Waals surface area (Å²) in [5.74, 6) is 0. The first-order valence-corrected chi connectivity index (χ1v) is 5.23. The van der Waals surface area contributed by atoms with Crippen LogP contribution in [-0.2, 0) is 0 Å². The first kappa shape index (κ1) is 20.4. The van der Waals surface area contributed by atoms with Crippen LogP contribution >= 0.6 is 12.4 Å². The van der Waals surface area contributed by atoms with Gasteiger partial charge in [0.2, 0.25) is 0 Å². The monoisotopic (exact) mass is 229 g/mol. The van der Waals surface area contributed by atoms with Gasteiger partial charge in [0.15, 0.2) is 0 Å². The summed E-state index contributed by atoms with van der Waals surface area (Å²) in [6.45, 7) is 8.32. The van der Waals surface area contributed by atoms with Crippen LogP contribution in [0.15, 0.2) is 0 Å². The molecule has 1 saturated heterocycles. The molecular formula is C11H24ClMgN. The van der Waals surface area contributed by atoms with Crippen molar-refractivity contribution in [2.75, 3.05) is 13.1 Å². The third kappa shape index (κ3) is 18.7. The van der Waals surface area contributed by atoms with Gasteiger partial charge in [-0.25, -0.2) is 0 Å². The van der Waals surface area contributed by atoms with E-state index in [1.165, 1.54) is 45.2 Å². The molecule has 0 amide bonds. The number of hydrogen-bond donors (Lipinski definition) is 1. The van der Waals surface area contributed by atoms with Crippen LogP contribution in [0.4, 0.5) is 0 Å². The molecule has 0 radical (unpaired) electrons. The molecule has 0 aliphatic carbocycles. The van der Waals surface area contributed by atoms with Crippen molar-refractivity contribution in [2.45, 2.75) is 45.4 Å². The molecule has 1 aliphatic rings. The van der Waals surface area contributed by atoms with Gasteiger partial charge >= 0.3 is 23.1 Å². The van der Waals surface area contributed by atoms with E-state index in [1.54, 1.807) is 0 Å². The standard InChI is InChI=1S/C6H13.C5H10N.ClH.Mg/c1-3-5-6-4-2;1-2-4-6-5-3-1;;/h1,3-6H2,2H3;1,6H,2-5H2;1H;/q2*-1;;+2. The van der Waals surface area contributed by atoms with Crippen molar-refractivity contribution in [3.05, 3.63) is 13.3 Å². The summed E-state index contributed by atoms with van der Waals surface area (Å²) in [4.78, 5) is 0. The van der Waals surface area contributed by atoms with Crippen LogP contribution in [0.25, 0.3) is 0 Å². The third-order valence-electron chi connectivity index (χ3n) is 1.90. The van der Waals surface area contributed by atoms with Crippen LogP contribution in [0, 0.1) is 13.3 Å². The normalized spacial score (nSPS) is 14.1. The van der Waals surface area contributed by atoms with Crippen molar-refractivity contribution in [3.8, 4) is 0 Å². The molecule has 1 rings (SSSR count). The van der Waals surface area contributed by atoms with Crippen molar-refractivity contribution < 1.29 is 0 Å². The molecule has 3 heteroatoms. The smallest absolute Gasteiger partial charge is 0.343 e. The molecule has 82 valence electrons. The second kappa shape index (κ2) is 19.6. The second-order valence-electron chi connectivity index (χ2n) is 3.18. The van der Waals surface area contributed by atoms with Crippen molar-refractivity contribution >= 4 is 35.5 Å². The minimum atomic E-state index is 0. The first-order chi connectivity index (χ1) is 5.91. The summed E-state index contributed by atoms with van der Waals surface area (Å²) in [6, 6.07) is 0. The minimum absolute atomic E-state index is 0. The van der Waals surface area contributed by atoms with E-state index in [4.69, 9.17) is 0 Å². The molecular weight excluding hydrogens is 206 g/mol. The first-order valence-electron chi connectivity index (χ1n) is 5.23. The van der Waals surface area contributed by atoms with Gasteiger partial charge in [0.25, 0.3) is 0 Å². The molecule has 0 unspecified atom stereocenters. The SMILES string of the molecule is Cl.[CH-]1CCNCC1.[CH2-]CCCCC.[Mg+2]. The Morgan fingerprint density at radius 3 is 1.93 bits per heavy atom. The fourth-order valence-corrected chi connectivity index (χ4v) is 1.10. The molecule has 0 aromatic carbocycles. The summed E-state index contributed by atoms with van der Waals surface area (Å²) in [5, 5.41) is 3.25. The Balaban J connectivity index is -0.000000151. The zero-order valence-electron chi connectivity index (χ0n) is 9.56. The van der Waals surface area contributed by atoms with Gasteiger partial charge in [0.1, 0.15) is 0 Å². The summed E-state index contributed by atoms with van der Waals surface area (Å²) >= 11 is 0. The van der Waals surface area contributed by atoms with E-state index in [0.717, 1.165) is 6.42 Å². The van der Waals surface area contributed by atoms with Gasteiger partial charge in [-0.15, -0.1) is 12.4 Å². The molecule has 1 N–H and O–H groups in total. The maximum absolute atomic E-state index is 3.72. The Bertz CT molecular complexity index is 62.2. The van der Waals surface area contributed by atoms with Crippen LogP contribution in [0.3, 0.4) is 0 Å². The molecule has 1 nitrogen and oxygen atoms in total. The minimum Gasteiger partial charge on any atom is -0.343 e. The Morgan fingerprint density at radius 1 is 1.21 bits per heavy atom. The molecule has 0 spiro atoms. The number of halogens is 1. The van der Waals surface area contributed by atoms with Crippen LogP contribution in [0.2, 0.25) is 0 Å². The van der Waals surface area contributed by atoms with E-state index >= 15 is 0 Å². The van der Waals surface area contributed by atoms with E-state index < -0.39 is 0 Å². The molecule has 0 saturated carbocycles. The van der Waals surface area contributed by atoms with E-state index in [0.29, 0.717) is 0 Å². The quantitative estimate of drug-likeness (QED) is 0.446. The zero-order valence-corrected chi connectivity index (χ0v) is 11.8. The van der Waals surface area contributed by atoms with Gasteiger partial charge in [-0.2, -0.15) is 19.3 Å². The van der Waals surface area contributed by atoms with E-state index in [9.17, 15) is 0 Å². The predicted molar refractivity (Wildman–Crippen MR) is 68.9 cm³/mol. The van der Waals surface area contributed by atoms with Gasteiger partial charge in [-0.3, -0.25) is 0 Å². The van der Waals surface area contributed by atoms with Gasteiger partial charge in [0.05, 0.1) is 0 Å². The predicted octanol–water partition coefficient (Wildman–Crippen LogP) is 3.02. The van der Waals surface area contributed by atoms with Crippen LogP contribution in [-0.4, -0.2) is 36.1 Å². The van der Waals surface area contributed by atoms with E-state index in [1.807, 2.05) is 0 Å². The summed E-state index contributed by atoms with van der Waals surface area (Å²) in [5.41, 5.74) is 0. The van der Waals surface area contributed by atoms with Crippen molar-refractivity contribution in [3.63, 3.8) is 0 Å². The molecule has 1 heterocycles. The van der Waals surface area contributed by atoms with Gasteiger partial charge in [-0.1, -0.05) is 26.2 Å². The Labute approximate surface area is 112 Å². The maximum atomic E-state index is 3.72. The van der Waals surface area contributed by atoms with Gasteiger partial charge in [-0.05, 0) is 13.1 Å². The van der Waals surface area contributed by atoms with Gasteiger partial charge < -0.3 is 18.7 Å². The van der Waals surface area contributed by atoms with Crippen LogP contribution < -0.4 is 5.32 Å². The van der Waals surface area contributed by atoms with E-state index in [2.05, 4.69) is 25.6 Å². The topological polar surface area (TPSA) is 12.0 Å². The molecule has 1 aliphatic heterocycles. The average Bonchev–Trinajstić information content (AvgIpc) is 2.18. The van der Waals surface area contributed by atoms with Crippen LogP contribution in [0.1, 0.15) is 45.4 Å². The average molecular weight is 230 g/mol. The third-order valence-corrected chi connectivity index (χ3v) is 1.90. The van der Waals surface area contributed by atoms with Gasteiger partial charge in [0, 0.05) is 0 Å². The number of rotatable bonds is 3. The molecule has 0 bridgehead atoms. The summed E-state index contributed by atoms with van der Waals surface area (Å²) in [7, 11) is 0. The van der Waals surface area contributed by atoms with Crippen molar-refractivity contribution in [2.24, 2.45) is 0 Å². The fourth-order valence-electron chi connectivity index (χ4n) is 1.10. The van der Waals surface area contributed by atoms with Crippen molar-refractivity contribution in [1.29, 1.82) is 0 Å². The summed E-state index contributed by atoms with van der Waals surface area (Å²) in [6.07, 6.45) is 9.93. The summed E-state index contributed by atoms with van der Waals surface area (Å²) < 4.78 is 0. The fraction of sp³-hybridized carbons (Fsp3) is 0.818. The molecule has 0 atom stereocenters. The second-order valence-corrected chi connectivity index (χ2v) is 3.18. The van der Waals surface area contributed by atoms with E-state index in [-0.39, 0.29) is 35.5 Å². The Morgan fingerprint density at radius 2 is 1.79 bits per heavy atom. The molecule has 14 heavy (non-hydrogen) atoms. The number of piperidine rings is 1. The van der Waals surface area contributed by atoms with Crippen LogP contribution in [0.5, 0.6) is 0 Å².